The topological polar surface area (TPSA) is 109 Å². The second-order valence-electron chi connectivity index (χ2n) is 10.8. The van der Waals surface area contributed by atoms with Crippen LogP contribution < -0.4 is 0 Å². The second kappa shape index (κ2) is 11.4. The fourth-order valence-corrected chi connectivity index (χ4v) is 6.20. The van der Waals surface area contributed by atoms with Gasteiger partial charge in [-0.1, -0.05) is 22.4 Å². The predicted molar refractivity (Wildman–Crippen MR) is 131 cm³/mol. The fourth-order valence-electron chi connectivity index (χ4n) is 6.20. The number of oxime groups is 1. The van der Waals surface area contributed by atoms with E-state index in [1.807, 2.05) is 6.08 Å². The maximum Gasteiger partial charge on any atom is 0.233 e. The molecule has 35 heavy (non-hydrogen) atoms. The molecule has 8 heteroatoms. The van der Waals surface area contributed by atoms with Gasteiger partial charge in [0.25, 0.3) is 0 Å². The highest BCUT2D eigenvalue weighted by atomic mass is 16.6. The number of rotatable bonds is 8. The Morgan fingerprint density at radius 2 is 1.89 bits per heavy atom. The van der Waals surface area contributed by atoms with Crippen LogP contribution in [0.3, 0.4) is 0 Å². The van der Waals surface area contributed by atoms with Gasteiger partial charge in [0.2, 0.25) is 11.8 Å². The normalized spacial score (nSPS) is 36.4. The first-order valence-electron chi connectivity index (χ1n) is 13.1. The van der Waals surface area contributed by atoms with Crippen molar-refractivity contribution in [3.8, 4) is 0 Å². The van der Waals surface area contributed by atoms with Gasteiger partial charge in [-0.15, -0.1) is 0 Å². The van der Waals surface area contributed by atoms with Crippen molar-refractivity contribution in [2.24, 2.45) is 28.8 Å². The van der Waals surface area contributed by atoms with Gasteiger partial charge < -0.3 is 19.8 Å². The van der Waals surface area contributed by atoms with E-state index < -0.39 is 30.0 Å². The first-order valence-corrected chi connectivity index (χ1v) is 13.1. The van der Waals surface area contributed by atoms with E-state index >= 15 is 0 Å². The molecule has 7 atom stereocenters. The molecule has 0 radical (unpaired) electrons. The van der Waals surface area contributed by atoms with E-state index in [1.165, 1.54) is 16.0 Å². The standard InChI is InChI=1S/C27H40N2O6/c1-16(2)6-4-7-17(3)11-13-35-28-21-14-22(30)25(31)23-19(21)9-10-20-24(23)27(33)29(26(20)32)15-18-8-5-12-34-18/h6,11,18-20,22-25,30-31H,4-5,7-10,12-15H2,1-3H3/b17-11+,28-21+/t18-,19-,20+,22+,23-,24+,25+/m0/s1. The van der Waals surface area contributed by atoms with Gasteiger partial charge >= 0.3 is 0 Å². The lowest BCUT2D eigenvalue weighted by atomic mass is 9.60. The Labute approximate surface area is 208 Å². The first kappa shape index (κ1) is 26.0. The number of aliphatic hydroxyl groups excluding tert-OH is 2. The number of fused-ring (bicyclic) bond motifs is 3. The zero-order valence-electron chi connectivity index (χ0n) is 21.2. The number of hydrogen-bond acceptors (Lipinski definition) is 7. The van der Waals surface area contributed by atoms with Crippen molar-refractivity contribution in [2.45, 2.75) is 84.0 Å². The van der Waals surface area contributed by atoms with E-state index in [4.69, 9.17) is 9.57 Å². The molecular weight excluding hydrogens is 448 g/mol. The van der Waals surface area contributed by atoms with Crippen molar-refractivity contribution in [3.63, 3.8) is 0 Å². The maximum atomic E-state index is 13.4. The van der Waals surface area contributed by atoms with Crippen LogP contribution in [0.25, 0.3) is 0 Å². The fraction of sp³-hybridized carbons (Fsp3) is 0.741. The molecule has 194 valence electrons. The lowest BCUT2D eigenvalue weighted by Crippen LogP contribution is -2.54. The zero-order chi connectivity index (χ0) is 25.1. The summed E-state index contributed by atoms with van der Waals surface area (Å²) >= 11 is 0. The summed E-state index contributed by atoms with van der Waals surface area (Å²) in [6.07, 6.45) is 7.17. The summed E-state index contributed by atoms with van der Waals surface area (Å²) in [6, 6.07) is 0. The molecule has 0 aromatic rings. The van der Waals surface area contributed by atoms with Crippen molar-refractivity contribution in [1.82, 2.24) is 4.90 Å². The van der Waals surface area contributed by atoms with Gasteiger partial charge in [0.1, 0.15) is 6.61 Å². The molecule has 0 bridgehead atoms. The van der Waals surface area contributed by atoms with E-state index in [0.717, 1.165) is 25.7 Å². The van der Waals surface area contributed by atoms with Gasteiger partial charge in [0.05, 0.1) is 42.4 Å². The van der Waals surface area contributed by atoms with Crippen LogP contribution in [0.15, 0.2) is 28.5 Å². The summed E-state index contributed by atoms with van der Waals surface area (Å²) in [5.74, 6) is -2.20. The van der Waals surface area contributed by atoms with E-state index in [1.54, 1.807) is 0 Å². The smallest absolute Gasteiger partial charge is 0.233 e. The summed E-state index contributed by atoms with van der Waals surface area (Å²) in [5, 5.41) is 25.9. The molecule has 0 aromatic heterocycles. The minimum absolute atomic E-state index is 0.107. The number of carbonyl (C=O) groups is 2. The molecule has 2 amide bonds. The van der Waals surface area contributed by atoms with Crippen LogP contribution in [0.2, 0.25) is 0 Å². The molecule has 2 aliphatic carbocycles. The van der Waals surface area contributed by atoms with E-state index in [9.17, 15) is 19.8 Å². The third-order valence-corrected chi connectivity index (χ3v) is 8.06. The van der Waals surface area contributed by atoms with Gasteiger partial charge in [-0.3, -0.25) is 14.5 Å². The maximum absolute atomic E-state index is 13.4. The molecule has 8 nitrogen and oxygen atoms in total. The van der Waals surface area contributed by atoms with Crippen LogP contribution in [-0.2, 0) is 19.2 Å². The molecule has 2 saturated heterocycles. The Hall–Kier alpha value is -2.03. The Bertz CT molecular complexity index is 886. The highest BCUT2D eigenvalue weighted by Gasteiger charge is 2.59. The van der Waals surface area contributed by atoms with Gasteiger partial charge in [-0.05, 0) is 65.4 Å². The minimum atomic E-state index is -1.07. The van der Waals surface area contributed by atoms with Gasteiger partial charge in [0, 0.05) is 24.9 Å². The Balaban J connectivity index is 1.43. The molecule has 4 aliphatic rings. The molecule has 2 aliphatic heterocycles. The number of ether oxygens (including phenoxy) is 1. The molecule has 0 aromatic carbocycles. The molecule has 4 fully saturated rings. The van der Waals surface area contributed by atoms with Crippen LogP contribution in [0.4, 0.5) is 0 Å². The lowest BCUT2D eigenvalue weighted by molar-refractivity contribution is -0.143. The average molecular weight is 489 g/mol. The molecule has 2 N–H and O–H groups in total. The third kappa shape index (κ3) is 5.70. The number of imide groups is 1. The van der Waals surface area contributed by atoms with Crippen LogP contribution in [-0.4, -0.2) is 70.7 Å². The summed E-state index contributed by atoms with van der Waals surface area (Å²) in [6.45, 7) is 7.52. The monoisotopic (exact) mass is 488 g/mol. The first-order chi connectivity index (χ1) is 16.8. The number of amides is 2. The molecular formula is C27H40N2O6. The Morgan fingerprint density at radius 3 is 2.60 bits per heavy atom. The van der Waals surface area contributed by atoms with Gasteiger partial charge in [-0.2, -0.15) is 0 Å². The summed E-state index contributed by atoms with van der Waals surface area (Å²) in [7, 11) is 0. The number of allylic oxidation sites excluding steroid dienone is 3. The van der Waals surface area contributed by atoms with Crippen molar-refractivity contribution in [3.05, 3.63) is 23.3 Å². The molecule has 4 rings (SSSR count). The minimum Gasteiger partial charge on any atom is -0.392 e. The van der Waals surface area contributed by atoms with Crippen LogP contribution >= 0.6 is 0 Å². The zero-order valence-corrected chi connectivity index (χ0v) is 21.2. The second-order valence-corrected chi connectivity index (χ2v) is 10.8. The molecule has 0 unspecified atom stereocenters. The van der Waals surface area contributed by atoms with Gasteiger partial charge in [0.15, 0.2) is 0 Å². The van der Waals surface area contributed by atoms with E-state index in [0.29, 0.717) is 31.8 Å². The van der Waals surface area contributed by atoms with Gasteiger partial charge in [-0.25, -0.2) is 0 Å². The number of nitrogens with zero attached hydrogens (tertiary/aromatic N) is 2. The lowest BCUT2D eigenvalue weighted by Gasteiger charge is -2.45. The Morgan fingerprint density at radius 1 is 1.11 bits per heavy atom. The van der Waals surface area contributed by atoms with Crippen molar-refractivity contribution < 1.29 is 29.4 Å². The van der Waals surface area contributed by atoms with Crippen molar-refractivity contribution in [2.75, 3.05) is 19.8 Å². The number of likely N-dealkylation sites (tertiary alicyclic amines) is 1. The summed E-state index contributed by atoms with van der Waals surface area (Å²) in [4.78, 5) is 33.4. The quantitative estimate of drug-likeness (QED) is 0.235. The Kier molecular flexibility index (Phi) is 8.45. The van der Waals surface area contributed by atoms with Crippen LogP contribution in [0, 0.1) is 23.7 Å². The van der Waals surface area contributed by atoms with Crippen molar-refractivity contribution >= 4 is 17.5 Å². The number of hydrogen-bond donors (Lipinski definition) is 2. The highest BCUT2D eigenvalue weighted by molar-refractivity contribution is 6.06. The number of carbonyl (C=O) groups excluding carboxylic acids is 2. The van der Waals surface area contributed by atoms with E-state index in [-0.39, 0.29) is 36.8 Å². The summed E-state index contributed by atoms with van der Waals surface area (Å²) in [5.41, 5.74) is 3.21. The number of aliphatic hydroxyl groups is 2. The largest absolute Gasteiger partial charge is 0.392 e. The van der Waals surface area contributed by atoms with Crippen LogP contribution in [0.1, 0.15) is 65.7 Å². The van der Waals surface area contributed by atoms with Crippen LogP contribution in [0.5, 0.6) is 0 Å². The SMILES string of the molecule is CC(C)=CCC/C(C)=C/CO/N=C1\C[C@@H](O)[C@@H](O)[C@@H]2[C@@H]3C(=O)N(C[C@@H]4CCCO4)C(=O)[C@@H]3CC[C@@H]12. The third-order valence-electron chi connectivity index (χ3n) is 8.06. The van der Waals surface area contributed by atoms with Crippen molar-refractivity contribution in [1.29, 1.82) is 0 Å². The average Bonchev–Trinajstić information content (AvgIpc) is 3.42. The molecule has 0 spiro atoms. The summed E-state index contributed by atoms with van der Waals surface area (Å²) < 4.78 is 5.65. The molecule has 2 saturated carbocycles. The van der Waals surface area contributed by atoms with E-state index in [2.05, 4.69) is 32.0 Å². The predicted octanol–water partition coefficient (Wildman–Crippen LogP) is 2.98. The molecule has 2 heterocycles. The highest BCUT2D eigenvalue weighted by Crippen LogP contribution is 2.49.